The summed E-state index contributed by atoms with van der Waals surface area (Å²) < 4.78 is 21.1. The van der Waals surface area contributed by atoms with Crippen molar-refractivity contribution in [3.05, 3.63) is 65.7 Å². The Labute approximate surface area is 267 Å². The maximum atomic E-state index is 13.8. The number of rotatable bonds is 14. The van der Waals surface area contributed by atoms with Gasteiger partial charge in [0.05, 0.1) is 0 Å². The van der Waals surface area contributed by atoms with E-state index in [4.69, 9.17) is 20.3 Å². The molecule has 4 atom stereocenters. The highest BCUT2D eigenvalue weighted by Crippen LogP contribution is 2.37. The number of alkyl carbamates (subject to hydrolysis) is 1. The van der Waals surface area contributed by atoms with Crippen LogP contribution in [0.4, 0.5) is 4.79 Å². The summed E-state index contributed by atoms with van der Waals surface area (Å²) in [5.74, 6) is -1.24. The van der Waals surface area contributed by atoms with Gasteiger partial charge in [-0.25, -0.2) is 9.36 Å². The molecule has 46 heavy (non-hydrogen) atoms. The number of carbonyl (C=O) groups is 4. The van der Waals surface area contributed by atoms with E-state index in [1.165, 1.54) is 24.3 Å². The molecular weight excluding hydrogens is 617 g/mol. The molecule has 0 saturated carbocycles. The second kappa shape index (κ2) is 16.5. The van der Waals surface area contributed by atoms with Crippen molar-refractivity contribution in [2.75, 3.05) is 13.1 Å². The van der Waals surface area contributed by atoms with Gasteiger partial charge in [-0.2, -0.15) is 0 Å². The third kappa shape index (κ3) is 10.3. The number of phosphoric ester groups is 1. The van der Waals surface area contributed by atoms with Crippen LogP contribution >= 0.6 is 7.82 Å². The number of carbonyl (C=O) groups excluding carboxylic acids is 4. The van der Waals surface area contributed by atoms with Gasteiger partial charge < -0.3 is 35.8 Å². The summed E-state index contributed by atoms with van der Waals surface area (Å²) >= 11 is 0. The number of hydrogen-bond donors (Lipinski definition) is 6. The lowest BCUT2D eigenvalue weighted by atomic mass is 10.0. The first-order valence-corrected chi connectivity index (χ1v) is 17.0. The number of amides is 4. The second-order valence-corrected chi connectivity index (χ2v) is 12.6. The summed E-state index contributed by atoms with van der Waals surface area (Å²) in [5.41, 5.74) is 6.83. The van der Waals surface area contributed by atoms with Gasteiger partial charge in [-0.15, -0.1) is 0 Å². The van der Waals surface area contributed by atoms with Gasteiger partial charge in [0.25, 0.3) is 0 Å². The smallest absolute Gasteiger partial charge is 0.445 e. The monoisotopic (exact) mass is 659 g/mol. The average Bonchev–Trinajstić information content (AvgIpc) is 3.39. The Morgan fingerprint density at radius 1 is 0.978 bits per heavy atom. The first-order chi connectivity index (χ1) is 22.0. The van der Waals surface area contributed by atoms with Gasteiger partial charge in [0.15, 0.2) is 0 Å². The minimum Gasteiger partial charge on any atom is -0.445 e. The highest BCUT2D eigenvalue weighted by atomic mass is 31.2. The second-order valence-electron chi connectivity index (χ2n) is 11.5. The molecule has 2 aliphatic heterocycles. The number of unbranched alkanes of at least 4 members (excludes halogenated alkanes) is 1. The van der Waals surface area contributed by atoms with Gasteiger partial charge in [-0.1, -0.05) is 42.5 Å². The molecule has 4 rings (SSSR count). The lowest BCUT2D eigenvalue weighted by Gasteiger charge is -2.31. The Hall–Kier alpha value is -3.97. The number of ether oxygens (including phenoxy) is 1. The Morgan fingerprint density at radius 2 is 1.72 bits per heavy atom. The van der Waals surface area contributed by atoms with Crippen molar-refractivity contribution in [2.45, 2.75) is 82.1 Å². The lowest BCUT2D eigenvalue weighted by Crippen LogP contribution is -2.57. The first-order valence-electron chi connectivity index (χ1n) is 15.5. The standard InChI is InChI=1S/C31H42N5O9P/c32-17-4-5-18-33-29(38)27-16-13-23-9-6-10-25(30(39)36(23)27)34-28(37)26(35-31(40)44-20-22-7-2-1-3-8-22)19-21-11-14-24(15-12-21)45-46(41,42)43/h1-3,7-8,11-12,14-15,23,25-27H,4-6,9-10,13,16-20,32H2,(H,33,38)(H,34,37)(H,35,40)(H2,41,42,43)/t23?,25-,26-,27-/m0/s1. The van der Waals surface area contributed by atoms with E-state index in [-0.39, 0.29) is 36.6 Å². The molecule has 1 unspecified atom stereocenters. The number of benzene rings is 2. The zero-order valence-electron chi connectivity index (χ0n) is 25.5. The Balaban J connectivity index is 1.45. The van der Waals surface area contributed by atoms with Crippen LogP contribution in [0.15, 0.2) is 54.6 Å². The van der Waals surface area contributed by atoms with E-state index in [9.17, 15) is 23.7 Å². The maximum Gasteiger partial charge on any atom is 0.524 e. The number of nitrogens with two attached hydrogens (primary N) is 1. The average molecular weight is 660 g/mol. The minimum absolute atomic E-state index is 0.0243. The lowest BCUT2D eigenvalue weighted by molar-refractivity contribution is -0.142. The molecule has 2 aromatic carbocycles. The van der Waals surface area contributed by atoms with Crippen LogP contribution in [0.25, 0.3) is 0 Å². The van der Waals surface area contributed by atoms with Crippen molar-refractivity contribution in [3.8, 4) is 5.75 Å². The fraction of sp³-hybridized carbons (Fsp3) is 0.484. The van der Waals surface area contributed by atoms with Gasteiger partial charge in [0.2, 0.25) is 17.7 Å². The van der Waals surface area contributed by atoms with Gasteiger partial charge in [0.1, 0.15) is 30.5 Å². The normalized spacial score (nSPS) is 20.2. The predicted octanol–water partition coefficient (Wildman–Crippen LogP) is 1.88. The van der Waals surface area contributed by atoms with E-state index in [0.717, 1.165) is 18.4 Å². The molecule has 15 heteroatoms. The van der Waals surface area contributed by atoms with Crippen molar-refractivity contribution in [2.24, 2.45) is 5.73 Å². The number of nitrogens with zero attached hydrogens (tertiary/aromatic N) is 1. The molecule has 2 fully saturated rings. The van der Waals surface area contributed by atoms with Crippen molar-refractivity contribution in [3.63, 3.8) is 0 Å². The third-order valence-corrected chi connectivity index (χ3v) is 8.49. The summed E-state index contributed by atoms with van der Waals surface area (Å²) in [5, 5.41) is 8.30. The fourth-order valence-corrected chi connectivity index (χ4v) is 6.20. The van der Waals surface area contributed by atoms with E-state index in [0.29, 0.717) is 50.8 Å². The van der Waals surface area contributed by atoms with Gasteiger partial charge in [-0.05, 0) is 74.8 Å². The highest BCUT2D eigenvalue weighted by molar-refractivity contribution is 7.46. The van der Waals surface area contributed by atoms with Crippen LogP contribution in [0.2, 0.25) is 0 Å². The number of fused-ring (bicyclic) bond motifs is 1. The molecule has 0 aromatic heterocycles. The summed E-state index contributed by atoms with van der Waals surface area (Å²) in [7, 11) is -4.76. The summed E-state index contributed by atoms with van der Waals surface area (Å²) in [6, 6.07) is 11.9. The highest BCUT2D eigenvalue weighted by Gasteiger charge is 2.45. The Kier molecular flexibility index (Phi) is 12.6. The van der Waals surface area contributed by atoms with Crippen LogP contribution in [0.3, 0.4) is 0 Å². The van der Waals surface area contributed by atoms with Gasteiger partial charge >= 0.3 is 13.9 Å². The largest absolute Gasteiger partial charge is 0.524 e. The topological polar surface area (TPSA) is 210 Å². The number of phosphoric acid groups is 1. The van der Waals surface area contributed by atoms with Crippen LogP contribution in [0.5, 0.6) is 5.75 Å². The summed E-state index contributed by atoms with van der Waals surface area (Å²) in [6.07, 6.45) is 3.66. The molecule has 0 spiro atoms. The summed E-state index contributed by atoms with van der Waals surface area (Å²) in [6.45, 7) is 0.979. The molecule has 2 heterocycles. The SMILES string of the molecule is NCCCCNC(=O)[C@@H]1CCC2CCC[C@H](NC(=O)[C@H](Cc3ccc(OP(=O)(O)O)cc3)NC(=O)OCc3ccccc3)C(=O)N21. The van der Waals surface area contributed by atoms with Crippen molar-refractivity contribution < 1.29 is 42.8 Å². The molecular formula is C31H42N5O9P. The van der Waals surface area contributed by atoms with Crippen LogP contribution in [0, 0.1) is 0 Å². The van der Waals surface area contributed by atoms with Crippen LogP contribution in [0.1, 0.15) is 56.1 Å². The Bertz CT molecular complexity index is 1390. The number of nitrogens with one attached hydrogen (secondary N) is 3. The van der Waals surface area contributed by atoms with Crippen molar-refractivity contribution in [1.82, 2.24) is 20.9 Å². The molecule has 14 nitrogen and oxygen atoms in total. The van der Waals surface area contributed by atoms with E-state index in [1.807, 2.05) is 6.07 Å². The molecule has 250 valence electrons. The minimum atomic E-state index is -4.76. The molecule has 4 amide bonds. The van der Waals surface area contributed by atoms with Gasteiger partial charge in [0, 0.05) is 19.0 Å². The molecule has 0 aliphatic carbocycles. The zero-order valence-corrected chi connectivity index (χ0v) is 26.4. The molecule has 7 N–H and O–H groups in total. The van der Waals surface area contributed by atoms with E-state index in [2.05, 4.69) is 20.5 Å². The first kappa shape index (κ1) is 34.9. The molecule has 0 bridgehead atoms. The van der Waals surface area contributed by atoms with Crippen molar-refractivity contribution in [1.29, 1.82) is 0 Å². The van der Waals surface area contributed by atoms with E-state index < -0.39 is 37.9 Å². The van der Waals surface area contributed by atoms with Crippen LogP contribution in [-0.4, -0.2) is 75.8 Å². The zero-order chi connectivity index (χ0) is 33.1. The number of hydrogen-bond acceptors (Lipinski definition) is 8. The third-order valence-electron chi connectivity index (χ3n) is 8.04. The fourth-order valence-electron chi connectivity index (χ4n) is 5.80. The molecule has 2 aliphatic rings. The Morgan fingerprint density at radius 3 is 2.41 bits per heavy atom. The van der Waals surface area contributed by atoms with Gasteiger partial charge in [-0.3, -0.25) is 24.2 Å². The van der Waals surface area contributed by atoms with E-state index in [1.54, 1.807) is 29.2 Å². The molecule has 0 radical (unpaired) electrons. The van der Waals surface area contributed by atoms with Crippen LogP contribution in [-0.2, 0) is 36.7 Å². The van der Waals surface area contributed by atoms with Crippen molar-refractivity contribution >= 4 is 31.6 Å². The van der Waals surface area contributed by atoms with Crippen LogP contribution < -0.4 is 26.2 Å². The molecule has 2 saturated heterocycles. The predicted molar refractivity (Wildman–Crippen MR) is 167 cm³/mol. The maximum absolute atomic E-state index is 13.8. The summed E-state index contributed by atoms with van der Waals surface area (Å²) in [4.78, 5) is 73.0. The van der Waals surface area contributed by atoms with E-state index >= 15 is 0 Å². The molecule has 2 aromatic rings. The quantitative estimate of drug-likeness (QED) is 0.128.